The van der Waals surface area contributed by atoms with Crippen LogP contribution in [0.5, 0.6) is 5.88 Å². The Bertz CT molecular complexity index is 353. The molecule has 2 rings (SSSR count). The lowest BCUT2D eigenvalue weighted by Crippen LogP contribution is -2.37. The number of nitrogens with zero attached hydrogens (tertiary/aromatic N) is 2. The molecule has 1 fully saturated rings. The maximum Gasteiger partial charge on any atom is 0.216 e. The minimum Gasteiger partial charge on any atom is -0.481 e. The van der Waals surface area contributed by atoms with Crippen LogP contribution in [-0.2, 0) is 11.2 Å². The average Bonchev–Trinajstić information content (AvgIpc) is 2.40. The Morgan fingerprint density at radius 1 is 1.59 bits per heavy atom. The van der Waals surface area contributed by atoms with Crippen molar-refractivity contribution in [1.82, 2.24) is 9.97 Å². The van der Waals surface area contributed by atoms with Crippen LogP contribution in [0.25, 0.3) is 0 Å². The quantitative estimate of drug-likeness (QED) is 0.838. The van der Waals surface area contributed by atoms with Crippen molar-refractivity contribution in [3.63, 3.8) is 0 Å². The van der Waals surface area contributed by atoms with Crippen molar-refractivity contribution >= 4 is 0 Å². The zero-order valence-corrected chi connectivity index (χ0v) is 10.1. The number of hydrogen-bond acceptors (Lipinski definition) is 5. The largest absolute Gasteiger partial charge is 0.481 e. The van der Waals surface area contributed by atoms with Crippen LogP contribution in [-0.4, -0.2) is 36.3 Å². The van der Waals surface area contributed by atoms with Crippen molar-refractivity contribution in [3.8, 4) is 5.88 Å². The highest BCUT2D eigenvalue weighted by atomic mass is 16.5. The molecule has 2 unspecified atom stereocenters. The Labute approximate surface area is 101 Å². The van der Waals surface area contributed by atoms with Crippen molar-refractivity contribution in [2.45, 2.75) is 25.3 Å². The molecule has 0 aromatic carbocycles. The molecule has 1 aromatic rings. The highest BCUT2D eigenvalue weighted by molar-refractivity contribution is 5.14. The topological polar surface area (TPSA) is 70.3 Å². The SMILES string of the molecule is COc1cc(CC(N)C2CCCOC2)ncn1. The molecule has 0 bridgehead atoms. The molecule has 94 valence electrons. The Morgan fingerprint density at radius 2 is 2.47 bits per heavy atom. The fourth-order valence-electron chi connectivity index (χ4n) is 2.11. The number of nitrogens with two attached hydrogens (primary N) is 1. The first-order valence-electron chi connectivity index (χ1n) is 5.98. The molecule has 1 aliphatic heterocycles. The van der Waals surface area contributed by atoms with Crippen LogP contribution in [0.1, 0.15) is 18.5 Å². The van der Waals surface area contributed by atoms with Gasteiger partial charge in [-0.1, -0.05) is 0 Å². The summed E-state index contributed by atoms with van der Waals surface area (Å²) in [4.78, 5) is 8.19. The summed E-state index contributed by atoms with van der Waals surface area (Å²) in [5.74, 6) is 1.02. The standard InChI is InChI=1S/C12H19N3O2/c1-16-12-6-10(14-8-15-12)5-11(13)9-3-2-4-17-7-9/h6,8-9,11H,2-5,7,13H2,1H3. The summed E-state index contributed by atoms with van der Waals surface area (Å²) in [6.07, 6.45) is 4.50. The second kappa shape index (κ2) is 5.93. The van der Waals surface area contributed by atoms with E-state index < -0.39 is 0 Å². The maximum atomic E-state index is 6.19. The average molecular weight is 237 g/mol. The molecule has 0 aliphatic carbocycles. The Morgan fingerprint density at radius 3 is 3.18 bits per heavy atom. The summed E-state index contributed by atoms with van der Waals surface area (Å²) in [5, 5.41) is 0. The maximum absolute atomic E-state index is 6.19. The van der Waals surface area contributed by atoms with Gasteiger partial charge in [-0.15, -0.1) is 0 Å². The monoisotopic (exact) mass is 237 g/mol. The number of rotatable bonds is 4. The number of hydrogen-bond donors (Lipinski definition) is 1. The Hall–Kier alpha value is -1.20. The van der Waals surface area contributed by atoms with Crippen LogP contribution in [0.4, 0.5) is 0 Å². The van der Waals surface area contributed by atoms with Gasteiger partial charge in [0.15, 0.2) is 0 Å². The van der Waals surface area contributed by atoms with Crippen LogP contribution < -0.4 is 10.5 Å². The van der Waals surface area contributed by atoms with Gasteiger partial charge in [0.2, 0.25) is 5.88 Å². The van der Waals surface area contributed by atoms with Crippen LogP contribution in [0.3, 0.4) is 0 Å². The van der Waals surface area contributed by atoms with Crippen molar-refractivity contribution < 1.29 is 9.47 Å². The van der Waals surface area contributed by atoms with Gasteiger partial charge in [-0.25, -0.2) is 9.97 Å². The van der Waals surface area contributed by atoms with E-state index in [2.05, 4.69) is 9.97 Å². The predicted octanol–water partition coefficient (Wildman–Crippen LogP) is 0.782. The van der Waals surface area contributed by atoms with Crippen molar-refractivity contribution in [3.05, 3.63) is 18.1 Å². The fraction of sp³-hybridized carbons (Fsp3) is 0.667. The Kier molecular flexibility index (Phi) is 4.28. The molecule has 0 spiro atoms. The van der Waals surface area contributed by atoms with E-state index in [0.29, 0.717) is 11.8 Å². The highest BCUT2D eigenvalue weighted by Crippen LogP contribution is 2.19. The van der Waals surface area contributed by atoms with Gasteiger partial charge in [0.25, 0.3) is 0 Å². The Balaban J connectivity index is 1.94. The smallest absolute Gasteiger partial charge is 0.216 e. The molecule has 0 radical (unpaired) electrons. The lowest BCUT2D eigenvalue weighted by Gasteiger charge is -2.27. The van der Waals surface area contributed by atoms with Gasteiger partial charge in [-0.05, 0) is 18.8 Å². The van der Waals surface area contributed by atoms with Crippen LogP contribution in [0.15, 0.2) is 12.4 Å². The molecule has 1 aliphatic rings. The number of methoxy groups -OCH3 is 1. The zero-order chi connectivity index (χ0) is 12.1. The molecule has 5 nitrogen and oxygen atoms in total. The molecule has 2 atom stereocenters. The molecule has 1 saturated heterocycles. The summed E-state index contributed by atoms with van der Waals surface area (Å²) in [5.41, 5.74) is 7.12. The molecule has 5 heteroatoms. The summed E-state index contributed by atoms with van der Waals surface area (Å²) in [6.45, 7) is 1.63. The molecule has 1 aromatic heterocycles. The summed E-state index contributed by atoms with van der Waals surface area (Å²) >= 11 is 0. The van der Waals surface area contributed by atoms with Crippen LogP contribution in [0, 0.1) is 5.92 Å². The minimum atomic E-state index is 0.0925. The molecular weight excluding hydrogens is 218 g/mol. The van der Waals surface area contributed by atoms with Gasteiger partial charge >= 0.3 is 0 Å². The first kappa shape index (κ1) is 12.3. The summed E-state index contributed by atoms with van der Waals surface area (Å²) in [7, 11) is 1.60. The number of ether oxygens (including phenoxy) is 2. The van der Waals surface area contributed by atoms with E-state index in [1.807, 2.05) is 6.07 Å². The van der Waals surface area contributed by atoms with Gasteiger partial charge in [0, 0.05) is 30.8 Å². The molecular formula is C12H19N3O2. The minimum absolute atomic E-state index is 0.0925. The van der Waals surface area contributed by atoms with E-state index in [4.69, 9.17) is 15.2 Å². The molecule has 0 saturated carbocycles. The van der Waals surface area contributed by atoms with Crippen molar-refractivity contribution in [1.29, 1.82) is 0 Å². The molecule has 0 amide bonds. The van der Waals surface area contributed by atoms with Crippen LogP contribution >= 0.6 is 0 Å². The zero-order valence-electron chi connectivity index (χ0n) is 10.1. The van der Waals surface area contributed by atoms with E-state index in [9.17, 15) is 0 Å². The lowest BCUT2D eigenvalue weighted by atomic mass is 9.91. The van der Waals surface area contributed by atoms with E-state index in [0.717, 1.165) is 38.2 Å². The third-order valence-corrected chi connectivity index (χ3v) is 3.15. The van der Waals surface area contributed by atoms with E-state index in [1.165, 1.54) is 6.33 Å². The third kappa shape index (κ3) is 3.38. The lowest BCUT2D eigenvalue weighted by molar-refractivity contribution is 0.0449. The fourth-order valence-corrected chi connectivity index (χ4v) is 2.11. The van der Waals surface area contributed by atoms with Gasteiger partial charge < -0.3 is 15.2 Å². The van der Waals surface area contributed by atoms with Crippen LogP contribution in [0.2, 0.25) is 0 Å². The van der Waals surface area contributed by atoms with Gasteiger partial charge in [0.05, 0.1) is 13.7 Å². The number of aromatic nitrogens is 2. The van der Waals surface area contributed by atoms with E-state index in [-0.39, 0.29) is 6.04 Å². The van der Waals surface area contributed by atoms with E-state index >= 15 is 0 Å². The van der Waals surface area contributed by atoms with Crippen molar-refractivity contribution in [2.75, 3.05) is 20.3 Å². The molecule has 2 heterocycles. The third-order valence-electron chi connectivity index (χ3n) is 3.15. The summed E-state index contributed by atoms with van der Waals surface area (Å²) < 4.78 is 10.5. The van der Waals surface area contributed by atoms with Gasteiger partial charge in [-0.3, -0.25) is 0 Å². The van der Waals surface area contributed by atoms with Crippen molar-refractivity contribution in [2.24, 2.45) is 11.7 Å². The first-order chi connectivity index (χ1) is 8.29. The first-order valence-corrected chi connectivity index (χ1v) is 5.98. The van der Waals surface area contributed by atoms with Gasteiger partial charge in [-0.2, -0.15) is 0 Å². The van der Waals surface area contributed by atoms with Gasteiger partial charge in [0.1, 0.15) is 6.33 Å². The highest BCUT2D eigenvalue weighted by Gasteiger charge is 2.21. The molecule has 2 N–H and O–H groups in total. The molecule has 17 heavy (non-hydrogen) atoms. The summed E-state index contributed by atoms with van der Waals surface area (Å²) in [6, 6.07) is 1.93. The second-order valence-corrected chi connectivity index (χ2v) is 4.40. The normalized spacial score (nSPS) is 22.1. The van der Waals surface area contributed by atoms with E-state index in [1.54, 1.807) is 7.11 Å². The predicted molar refractivity (Wildman–Crippen MR) is 63.8 cm³/mol. The second-order valence-electron chi connectivity index (χ2n) is 4.40.